The zero-order valence-corrected chi connectivity index (χ0v) is 18.2. The third kappa shape index (κ3) is 8.28. The van der Waals surface area contributed by atoms with E-state index < -0.39 is 6.61 Å². The zero-order valence-electron chi connectivity index (χ0n) is 15.9. The topological polar surface area (TPSA) is 83.6 Å². The van der Waals surface area contributed by atoms with E-state index in [0.717, 1.165) is 12.1 Å². The van der Waals surface area contributed by atoms with Gasteiger partial charge in [-0.15, -0.1) is 24.0 Å². The van der Waals surface area contributed by atoms with Gasteiger partial charge in [0.25, 0.3) is 0 Å². The second-order valence-electron chi connectivity index (χ2n) is 5.63. The molecule has 1 aromatic carbocycles. The summed E-state index contributed by atoms with van der Waals surface area (Å²) in [5, 5.41) is 13.0. The molecule has 7 nitrogen and oxygen atoms in total. The van der Waals surface area contributed by atoms with E-state index in [0.29, 0.717) is 37.0 Å². The molecular formula is C18H26F2IN5O2. The first-order valence-corrected chi connectivity index (χ1v) is 8.83. The summed E-state index contributed by atoms with van der Waals surface area (Å²) >= 11 is 0. The number of aromatic amines is 1. The van der Waals surface area contributed by atoms with E-state index >= 15 is 0 Å². The molecule has 0 saturated carbocycles. The van der Waals surface area contributed by atoms with Crippen LogP contribution in [0.5, 0.6) is 11.5 Å². The van der Waals surface area contributed by atoms with Crippen LogP contribution >= 0.6 is 24.0 Å². The van der Waals surface area contributed by atoms with Crippen LogP contribution < -0.4 is 20.1 Å². The number of ether oxygens (including phenoxy) is 2. The summed E-state index contributed by atoms with van der Waals surface area (Å²) in [6, 6.07) is 6.73. The van der Waals surface area contributed by atoms with Gasteiger partial charge in [0.2, 0.25) is 0 Å². The van der Waals surface area contributed by atoms with E-state index in [9.17, 15) is 8.78 Å². The number of nitrogens with one attached hydrogen (secondary N) is 3. The summed E-state index contributed by atoms with van der Waals surface area (Å²) in [6.45, 7) is 2.86. The number of hydrogen-bond acceptors (Lipinski definition) is 4. The lowest BCUT2D eigenvalue weighted by Gasteiger charge is -2.14. The van der Waals surface area contributed by atoms with E-state index in [1.165, 1.54) is 6.07 Å². The van der Waals surface area contributed by atoms with E-state index in [1.54, 1.807) is 18.3 Å². The van der Waals surface area contributed by atoms with Gasteiger partial charge in [0, 0.05) is 24.4 Å². The quantitative estimate of drug-likeness (QED) is 0.259. The first-order chi connectivity index (χ1) is 13.1. The van der Waals surface area contributed by atoms with Crippen molar-refractivity contribution < 1.29 is 18.3 Å². The highest BCUT2D eigenvalue weighted by atomic mass is 127. The average molecular weight is 509 g/mol. The Balaban J connectivity index is 0.00000392. The SMILES string of the molecule is CCCOc1ccc(CN=C(NCC)NCc2ccn[nH]2)c(OC(F)F)c1.I. The molecule has 1 aromatic heterocycles. The first-order valence-electron chi connectivity index (χ1n) is 8.83. The fraction of sp³-hybridized carbons (Fsp3) is 0.444. The summed E-state index contributed by atoms with van der Waals surface area (Å²) in [5.74, 6) is 1.11. The number of hydrogen-bond donors (Lipinski definition) is 3. The van der Waals surface area contributed by atoms with Crippen molar-refractivity contribution in [3.05, 3.63) is 41.7 Å². The Hall–Kier alpha value is -2.11. The Morgan fingerprint density at radius 2 is 2.07 bits per heavy atom. The van der Waals surface area contributed by atoms with Crippen molar-refractivity contribution >= 4 is 29.9 Å². The van der Waals surface area contributed by atoms with Gasteiger partial charge in [-0.25, -0.2) is 4.99 Å². The lowest BCUT2D eigenvalue weighted by atomic mass is 10.2. The predicted molar refractivity (Wildman–Crippen MR) is 115 cm³/mol. The molecule has 0 saturated heterocycles. The van der Waals surface area contributed by atoms with Gasteiger partial charge in [0.05, 0.1) is 25.4 Å². The van der Waals surface area contributed by atoms with Crippen molar-refractivity contribution in [2.75, 3.05) is 13.2 Å². The summed E-state index contributed by atoms with van der Waals surface area (Å²) in [5.41, 5.74) is 1.44. The number of aromatic nitrogens is 2. The first kappa shape index (κ1) is 23.9. The number of alkyl halides is 2. The molecule has 0 fully saturated rings. The second-order valence-corrected chi connectivity index (χ2v) is 5.63. The van der Waals surface area contributed by atoms with Crippen molar-refractivity contribution in [1.29, 1.82) is 0 Å². The molecule has 0 aliphatic rings. The Labute approximate surface area is 180 Å². The number of H-pyrrole nitrogens is 1. The smallest absolute Gasteiger partial charge is 0.387 e. The van der Waals surface area contributed by atoms with Gasteiger partial charge in [-0.2, -0.15) is 13.9 Å². The molecule has 0 spiro atoms. The summed E-state index contributed by atoms with van der Waals surface area (Å²) in [4.78, 5) is 4.44. The summed E-state index contributed by atoms with van der Waals surface area (Å²) < 4.78 is 35.6. The highest BCUT2D eigenvalue weighted by molar-refractivity contribution is 14.0. The van der Waals surface area contributed by atoms with Gasteiger partial charge < -0.3 is 20.1 Å². The lowest BCUT2D eigenvalue weighted by molar-refractivity contribution is -0.0505. The molecule has 2 aromatic rings. The molecule has 0 unspecified atom stereocenters. The number of rotatable bonds is 10. The Morgan fingerprint density at radius 1 is 1.25 bits per heavy atom. The monoisotopic (exact) mass is 509 g/mol. The highest BCUT2D eigenvalue weighted by Gasteiger charge is 2.12. The van der Waals surface area contributed by atoms with Crippen molar-refractivity contribution in [3.63, 3.8) is 0 Å². The van der Waals surface area contributed by atoms with Crippen LogP contribution in [0.3, 0.4) is 0 Å². The molecule has 0 bridgehead atoms. The third-order valence-corrected chi connectivity index (χ3v) is 3.48. The molecule has 3 N–H and O–H groups in total. The van der Waals surface area contributed by atoms with Crippen LogP contribution in [-0.2, 0) is 13.1 Å². The number of guanidine groups is 1. The molecular weight excluding hydrogens is 483 g/mol. The predicted octanol–water partition coefficient (Wildman–Crippen LogP) is 3.67. The number of benzene rings is 1. The molecule has 0 radical (unpaired) electrons. The second kappa shape index (κ2) is 13.1. The van der Waals surface area contributed by atoms with Crippen LogP contribution in [0.25, 0.3) is 0 Å². The molecule has 28 heavy (non-hydrogen) atoms. The molecule has 0 amide bonds. The van der Waals surface area contributed by atoms with Crippen molar-refractivity contribution in [2.24, 2.45) is 4.99 Å². The van der Waals surface area contributed by atoms with E-state index in [2.05, 4.69) is 30.6 Å². The maximum absolute atomic E-state index is 12.7. The van der Waals surface area contributed by atoms with Crippen LogP contribution in [0, 0.1) is 0 Å². The molecule has 1 heterocycles. The fourth-order valence-corrected chi connectivity index (χ4v) is 2.25. The molecule has 156 valence electrons. The van der Waals surface area contributed by atoms with E-state index in [1.807, 2.05) is 19.9 Å². The van der Waals surface area contributed by atoms with Gasteiger partial charge in [0.15, 0.2) is 5.96 Å². The maximum atomic E-state index is 12.7. The normalized spacial score (nSPS) is 11.1. The average Bonchev–Trinajstić information content (AvgIpc) is 3.16. The Kier molecular flexibility index (Phi) is 11.2. The van der Waals surface area contributed by atoms with Gasteiger partial charge in [0.1, 0.15) is 11.5 Å². The third-order valence-electron chi connectivity index (χ3n) is 3.48. The minimum atomic E-state index is -2.92. The largest absolute Gasteiger partial charge is 0.493 e. The molecule has 0 aliphatic heterocycles. The zero-order chi connectivity index (χ0) is 19.5. The summed E-state index contributed by atoms with van der Waals surface area (Å²) in [6.07, 6.45) is 2.49. The van der Waals surface area contributed by atoms with E-state index in [4.69, 9.17) is 4.74 Å². The van der Waals surface area contributed by atoms with Crippen molar-refractivity contribution in [2.45, 2.75) is 40.0 Å². The number of aliphatic imine (C=N–C) groups is 1. The minimum Gasteiger partial charge on any atom is -0.493 e. The van der Waals surface area contributed by atoms with Gasteiger partial charge in [-0.1, -0.05) is 6.92 Å². The molecule has 0 atom stereocenters. The minimum absolute atomic E-state index is 0. The van der Waals surface area contributed by atoms with Crippen LogP contribution in [0.1, 0.15) is 31.5 Å². The fourth-order valence-electron chi connectivity index (χ4n) is 2.25. The number of halogens is 3. The standard InChI is InChI=1S/C18H25F2N5O2.HI/c1-3-9-26-15-6-5-13(16(10-15)27-17(19)20)11-22-18(21-4-2)23-12-14-7-8-24-25-14;/h5-8,10,17H,3-4,9,11-12H2,1-2H3,(H,24,25)(H2,21,22,23);1H. The van der Waals surface area contributed by atoms with Gasteiger partial charge in [-0.3, -0.25) is 5.10 Å². The van der Waals surface area contributed by atoms with Crippen LogP contribution in [0.15, 0.2) is 35.5 Å². The lowest BCUT2D eigenvalue weighted by Crippen LogP contribution is -2.36. The number of nitrogens with zero attached hydrogens (tertiary/aromatic N) is 2. The van der Waals surface area contributed by atoms with Crippen molar-refractivity contribution in [3.8, 4) is 11.5 Å². The summed E-state index contributed by atoms with van der Waals surface area (Å²) in [7, 11) is 0. The Morgan fingerprint density at radius 3 is 2.71 bits per heavy atom. The van der Waals surface area contributed by atoms with E-state index in [-0.39, 0.29) is 36.3 Å². The van der Waals surface area contributed by atoms with Crippen molar-refractivity contribution in [1.82, 2.24) is 20.8 Å². The molecule has 2 rings (SSSR count). The highest BCUT2D eigenvalue weighted by Crippen LogP contribution is 2.27. The van der Waals surface area contributed by atoms with Crippen LogP contribution in [0.2, 0.25) is 0 Å². The maximum Gasteiger partial charge on any atom is 0.387 e. The molecule has 10 heteroatoms. The van der Waals surface area contributed by atoms with Gasteiger partial charge in [-0.05, 0) is 31.5 Å². The Bertz CT molecular complexity index is 714. The van der Waals surface area contributed by atoms with Crippen LogP contribution in [0.4, 0.5) is 8.78 Å². The van der Waals surface area contributed by atoms with Crippen LogP contribution in [-0.4, -0.2) is 35.9 Å². The van der Waals surface area contributed by atoms with Gasteiger partial charge >= 0.3 is 6.61 Å². The molecule has 0 aliphatic carbocycles.